The van der Waals surface area contributed by atoms with E-state index in [9.17, 15) is 0 Å². The average molecular weight is 823 g/mol. The first-order valence-corrected chi connectivity index (χ1v) is 22.7. The van der Waals surface area contributed by atoms with E-state index < -0.39 is 35.8 Å². The van der Waals surface area contributed by atoms with Gasteiger partial charge in [-0.25, -0.2) is 0 Å². The highest BCUT2D eigenvalue weighted by Crippen LogP contribution is 2.46. The van der Waals surface area contributed by atoms with Crippen LogP contribution in [0.25, 0.3) is 66.1 Å². The summed E-state index contributed by atoms with van der Waals surface area (Å²) in [7, 11) is -0.467. The van der Waals surface area contributed by atoms with Crippen molar-refractivity contribution >= 4 is 56.2 Å². The Morgan fingerprint density at radius 3 is 1.66 bits per heavy atom. The number of ether oxygens (including phenoxy) is 2. The lowest BCUT2D eigenvalue weighted by Gasteiger charge is -2.32. The number of rotatable bonds is 10. The van der Waals surface area contributed by atoms with Gasteiger partial charge < -0.3 is 27.9 Å². The molecule has 7 heteroatoms. The monoisotopic (exact) mass is 822 g/mol. The normalized spacial score (nSPS) is 18.2. The predicted octanol–water partition coefficient (Wildman–Crippen LogP) is 13.6. The molecular weight excluding hydrogens is 763 g/mol. The van der Waals surface area contributed by atoms with Crippen molar-refractivity contribution in [1.29, 1.82) is 0 Å². The highest BCUT2D eigenvalue weighted by atomic mass is 16.7. The Hall–Kier alpha value is -5.18. The number of fused-ring (bicyclic) bond motifs is 6. The van der Waals surface area contributed by atoms with Crippen molar-refractivity contribution in [3.63, 3.8) is 0 Å². The first-order chi connectivity index (χ1) is 29.6. The fourth-order valence-electron chi connectivity index (χ4n) is 9.39. The molecule has 0 unspecified atom stereocenters. The molecule has 2 saturated heterocycles. The van der Waals surface area contributed by atoms with Crippen LogP contribution in [0.1, 0.15) is 105 Å². The number of unbranched alkanes of at least 4 members (excludes halogenated alkanes) is 3. The van der Waals surface area contributed by atoms with Crippen LogP contribution in [0.5, 0.6) is 0 Å². The molecule has 0 amide bonds. The Morgan fingerprint density at radius 1 is 0.484 bits per heavy atom. The summed E-state index contributed by atoms with van der Waals surface area (Å²) in [5.41, 5.74) is 11.0. The molecule has 62 heavy (non-hydrogen) atoms. The minimum atomic E-state index is -0.467. The summed E-state index contributed by atoms with van der Waals surface area (Å²) < 4.78 is 30.9. The van der Waals surface area contributed by atoms with Gasteiger partial charge in [0.2, 0.25) is 0 Å². The van der Waals surface area contributed by atoms with Crippen LogP contribution in [-0.2, 0) is 25.2 Å². The number of hydrogen-bond donors (Lipinski definition) is 0. The van der Waals surface area contributed by atoms with Gasteiger partial charge in [0.15, 0.2) is 6.29 Å². The summed E-state index contributed by atoms with van der Waals surface area (Å²) in [4.78, 5) is 0. The molecule has 8 aromatic rings. The van der Waals surface area contributed by atoms with Crippen LogP contribution in [0.3, 0.4) is 0 Å². The van der Waals surface area contributed by atoms with Gasteiger partial charge in [-0.1, -0.05) is 92.9 Å². The molecule has 2 aliphatic heterocycles. The van der Waals surface area contributed by atoms with E-state index in [-0.39, 0.29) is 0 Å². The first-order valence-electron chi connectivity index (χ1n) is 22.7. The van der Waals surface area contributed by atoms with E-state index in [2.05, 4.69) is 199 Å². The van der Waals surface area contributed by atoms with E-state index in [1.165, 1.54) is 69.9 Å². The molecule has 2 aromatic heterocycles. The van der Waals surface area contributed by atoms with Gasteiger partial charge in [-0.3, -0.25) is 0 Å². The second kappa shape index (κ2) is 15.0. The first kappa shape index (κ1) is 40.9. The summed E-state index contributed by atoms with van der Waals surface area (Å²) in [5, 5.41) is 4.76. The van der Waals surface area contributed by atoms with Crippen molar-refractivity contribution in [3.8, 4) is 22.5 Å². The van der Waals surface area contributed by atoms with Gasteiger partial charge in [0.05, 0.1) is 44.5 Å². The zero-order valence-corrected chi connectivity index (χ0v) is 37.8. The zero-order valence-electron chi connectivity index (χ0n) is 37.8. The highest BCUT2D eigenvalue weighted by Gasteiger charge is 2.52. The number of para-hydroxylation sites is 1. The predicted molar refractivity (Wildman–Crippen MR) is 257 cm³/mol. The number of nitrogens with zero attached hydrogens (tertiary/aromatic N) is 2. The van der Waals surface area contributed by atoms with Crippen LogP contribution in [0.15, 0.2) is 127 Å². The zero-order chi connectivity index (χ0) is 43.2. The van der Waals surface area contributed by atoms with Crippen molar-refractivity contribution in [2.45, 2.75) is 123 Å². The van der Waals surface area contributed by atoms with Gasteiger partial charge in [-0.2, -0.15) is 0 Å². The standard InChI is InChI=1S/C55H59BN2O4/c1-10-11-12-13-16-36-19-26-41(27-20-36)57-47-18-15-14-17-43(47)44-33-38(23-30-48(44)57)37-21-28-42(29-22-37)58-49-31-24-39(51-59-52(2,3)53(4,5)60-51)34-45(49)46-35-40(25-32-50(46)58)56-61-54(6,7)55(8,9)62-56/h14-15,17-35,51H,10-13,16H2,1-9H3. The second-order valence-corrected chi connectivity index (χ2v) is 19.7. The van der Waals surface area contributed by atoms with Gasteiger partial charge in [-0.15, -0.1) is 0 Å². The molecule has 4 heterocycles. The van der Waals surface area contributed by atoms with Crippen molar-refractivity contribution < 1.29 is 18.8 Å². The van der Waals surface area contributed by atoms with Crippen LogP contribution in [-0.4, -0.2) is 38.7 Å². The molecule has 0 atom stereocenters. The van der Waals surface area contributed by atoms with Gasteiger partial charge in [0.1, 0.15) is 0 Å². The van der Waals surface area contributed by atoms with E-state index in [0.29, 0.717) is 0 Å². The number of aryl methyl sites for hydroxylation is 1. The third kappa shape index (κ3) is 6.80. The lowest BCUT2D eigenvalue weighted by Crippen LogP contribution is -2.41. The van der Waals surface area contributed by atoms with Crippen molar-refractivity contribution in [2.75, 3.05) is 0 Å². The van der Waals surface area contributed by atoms with Crippen LogP contribution >= 0.6 is 0 Å². The summed E-state index contributed by atoms with van der Waals surface area (Å²) in [5.74, 6) is 0. The average Bonchev–Trinajstić information content (AvgIpc) is 3.90. The molecule has 10 rings (SSSR count). The van der Waals surface area contributed by atoms with E-state index in [0.717, 1.165) is 44.9 Å². The van der Waals surface area contributed by atoms with Crippen LogP contribution < -0.4 is 5.46 Å². The molecule has 0 N–H and O–H groups in total. The van der Waals surface area contributed by atoms with Crippen LogP contribution in [0.4, 0.5) is 0 Å². The molecule has 0 aliphatic carbocycles. The molecule has 0 spiro atoms. The minimum Gasteiger partial charge on any atom is -0.399 e. The quantitative estimate of drug-likeness (QED) is 0.102. The Bertz CT molecular complexity index is 2850. The maximum Gasteiger partial charge on any atom is 0.494 e. The Labute approximate surface area is 366 Å². The van der Waals surface area contributed by atoms with Gasteiger partial charge >= 0.3 is 7.12 Å². The third-order valence-electron chi connectivity index (χ3n) is 14.5. The Balaban J connectivity index is 1.02. The maximum atomic E-state index is 6.53. The number of benzene rings is 6. The SMILES string of the molecule is CCCCCCc1ccc(-n2c3ccccc3c3cc(-c4ccc(-n5c6ccc(B7OC(C)(C)C(C)(C)O7)cc6c6cc(C7OC(C)(C)C(C)(C)O7)ccc65)cc4)ccc32)cc1. The number of hydrogen-bond acceptors (Lipinski definition) is 4. The second-order valence-electron chi connectivity index (χ2n) is 19.7. The van der Waals surface area contributed by atoms with Crippen LogP contribution in [0, 0.1) is 0 Å². The van der Waals surface area contributed by atoms with Gasteiger partial charge in [-0.05, 0) is 151 Å². The van der Waals surface area contributed by atoms with Crippen molar-refractivity contribution in [3.05, 3.63) is 139 Å². The lowest BCUT2D eigenvalue weighted by atomic mass is 9.78. The molecule has 316 valence electrons. The molecule has 2 aliphatic rings. The number of aromatic nitrogens is 2. The highest BCUT2D eigenvalue weighted by molar-refractivity contribution is 6.62. The molecule has 0 saturated carbocycles. The lowest BCUT2D eigenvalue weighted by molar-refractivity contribution is -0.0894. The van der Waals surface area contributed by atoms with Gasteiger partial charge in [0, 0.05) is 38.5 Å². The summed E-state index contributed by atoms with van der Waals surface area (Å²) >= 11 is 0. The molecular formula is C55H59BN2O4. The molecule has 0 radical (unpaired) electrons. The van der Waals surface area contributed by atoms with E-state index >= 15 is 0 Å². The smallest absolute Gasteiger partial charge is 0.399 e. The van der Waals surface area contributed by atoms with Crippen LogP contribution in [0.2, 0.25) is 0 Å². The molecule has 6 aromatic carbocycles. The summed E-state index contributed by atoms with van der Waals surface area (Å²) in [6.07, 6.45) is 5.79. The molecule has 6 nitrogen and oxygen atoms in total. The Kier molecular flexibility index (Phi) is 9.88. The van der Waals surface area contributed by atoms with E-state index in [4.69, 9.17) is 18.8 Å². The fourth-order valence-corrected chi connectivity index (χ4v) is 9.39. The maximum absolute atomic E-state index is 6.53. The van der Waals surface area contributed by atoms with E-state index in [1.54, 1.807) is 0 Å². The van der Waals surface area contributed by atoms with E-state index in [1.807, 2.05) is 0 Å². The summed E-state index contributed by atoms with van der Waals surface area (Å²) in [6.45, 7) is 19.1. The summed E-state index contributed by atoms with van der Waals surface area (Å²) in [6, 6.07) is 47.1. The largest absolute Gasteiger partial charge is 0.494 e. The van der Waals surface area contributed by atoms with Crippen molar-refractivity contribution in [1.82, 2.24) is 9.13 Å². The third-order valence-corrected chi connectivity index (χ3v) is 14.5. The molecule has 2 fully saturated rings. The van der Waals surface area contributed by atoms with Gasteiger partial charge in [0.25, 0.3) is 0 Å². The van der Waals surface area contributed by atoms with Crippen molar-refractivity contribution in [2.24, 2.45) is 0 Å². The topological polar surface area (TPSA) is 46.8 Å². The molecule has 0 bridgehead atoms. The Morgan fingerprint density at radius 2 is 1.02 bits per heavy atom. The fraction of sp³-hybridized carbons (Fsp3) is 0.345. The minimum absolute atomic E-state index is 0.437.